The van der Waals surface area contributed by atoms with Gasteiger partial charge < -0.3 is 4.42 Å². The zero-order chi connectivity index (χ0) is 12.3. The molecule has 0 radical (unpaired) electrons. The average molecular weight is 313 g/mol. The number of nitrogens with one attached hydrogen (secondary N) is 1. The zero-order valence-corrected chi connectivity index (χ0v) is 11.3. The highest BCUT2D eigenvalue weighted by atomic mass is 79.9. The molecule has 0 unspecified atom stereocenters. The summed E-state index contributed by atoms with van der Waals surface area (Å²) < 4.78 is 5.60. The number of carbonyl (C=O) groups is 1. The summed E-state index contributed by atoms with van der Waals surface area (Å²) in [6, 6.07) is 5.23. The van der Waals surface area contributed by atoms with Crippen molar-refractivity contribution in [2.45, 2.75) is 6.92 Å². The average Bonchev–Trinajstić information content (AvgIpc) is 2.88. The van der Waals surface area contributed by atoms with Crippen LogP contribution in [0.3, 0.4) is 0 Å². The summed E-state index contributed by atoms with van der Waals surface area (Å²) in [5, 5.41) is 5.85. The lowest BCUT2D eigenvalue weighted by atomic mass is 10.3. The number of hydrogen-bond donors (Lipinski definition) is 1. The molecular weight excluding hydrogens is 304 g/mol. The number of hydrazone groups is 1. The molecule has 0 aliphatic carbocycles. The van der Waals surface area contributed by atoms with E-state index in [-0.39, 0.29) is 11.7 Å². The third-order valence-corrected chi connectivity index (χ3v) is 3.43. The quantitative estimate of drug-likeness (QED) is 0.699. The molecule has 1 amide bonds. The minimum Gasteiger partial charge on any atom is -0.444 e. The Morgan fingerprint density at radius 2 is 2.35 bits per heavy atom. The van der Waals surface area contributed by atoms with Gasteiger partial charge in [0.2, 0.25) is 0 Å². The first-order valence-electron chi connectivity index (χ1n) is 4.79. The van der Waals surface area contributed by atoms with Gasteiger partial charge in [-0.2, -0.15) is 5.10 Å². The van der Waals surface area contributed by atoms with Crippen molar-refractivity contribution in [3.8, 4) is 0 Å². The Labute approximate surface area is 110 Å². The van der Waals surface area contributed by atoms with Crippen molar-refractivity contribution in [3.05, 3.63) is 44.4 Å². The van der Waals surface area contributed by atoms with E-state index < -0.39 is 0 Å². The van der Waals surface area contributed by atoms with Gasteiger partial charge in [-0.15, -0.1) is 11.3 Å². The van der Waals surface area contributed by atoms with Gasteiger partial charge in [0.25, 0.3) is 0 Å². The van der Waals surface area contributed by atoms with Crippen LogP contribution in [0, 0.1) is 6.92 Å². The van der Waals surface area contributed by atoms with E-state index in [1.165, 1.54) is 0 Å². The van der Waals surface area contributed by atoms with E-state index in [0.29, 0.717) is 4.67 Å². The lowest BCUT2D eigenvalue weighted by Gasteiger charge is -1.94. The van der Waals surface area contributed by atoms with Gasteiger partial charge in [-0.3, -0.25) is 4.79 Å². The van der Waals surface area contributed by atoms with Gasteiger partial charge in [0.15, 0.2) is 10.4 Å². The lowest BCUT2D eigenvalue weighted by molar-refractivity contribution is 0.0926. The van der Waals surface area contributed by atoms with Crippen molar-refractivity contribution in [1.82, 2.24) is 5.43 Å². The van der Waals surface area contributed by atoms with Crippen LogP contribution >= 0.6 is 27.3 Å². The van der Waals surface area contributed by atoms with Crippen molar-refractivity contribution >= 4 is 39.4 Å². The van der Waals surface area contributed by atoms with Gasteiger partial charge >= 0.3 is 5.91 Å². The highest BCUT2D eigenvalue weighted by molar-refractivity contribution is 9.10. The Kier molecular flexibility index (Phi) is 3.75. The minimum absolute atomic E-state index is 0.219. The second kappa shape index (κ2) is 5.29. The van der Waals surface area contributed by atoms with E-state index in [1.807, 2.05) is 18.4 Å². The van der Waals surface area contributed by atoms with Crippen LogP contribution in [0.4, 0.5) is 0 Å². The van der Waals surface area contributed by atoms with Gasteiger partial charge in [-0.1, -0.05) is 0 Å². The molecule has 2 aromatic heterocycles. The fourth-order valence-corrected chi connectivity index (χ4v) is 2.25. The van der Waals surface area contributed by atoms with Gasteiger partial charge in [0.1, 0.15) is 0 Å². The molecule has 2 aromatic rings. The summed E-state index contributed by atoms with van der Waals surface area (Å²) in [6.07, 6.45) is 1.62. The van der Waals surface area contributed by atoms with E-state index in [2.05, 4.69) is 26.5 Å². The molecule has 4 nitrogen and oxygen atoms in total. The molecular formula is C11H9BrN2O2S. The highest BCUT2D eigenvalue weighted by Crippen LogP contribution is 2.14. The van der Waals surface area contributed by atoms with Crippen molar-refractivity contribution in [2.75, 3.05) is 0 Å². The van der Waals surface area contributed by atoms with Crippen LogP contribution in [-0.2, 0) is 0 Å². The van der Waals surface area contributed by atoms with Crippen molar-refractivity contribution in [1.29, 1.82) is 0 Å². The number of thiophene rings is 1. The number of nitrogens with zero attached hydrogens (tertiary/aromatic N) is 1. The summed E-state index contributed by atoms with van der Waals surface area (Å²) in [4.78, 5) is 12.6. The van der Waals surface area contributed by atoms with Crippen molar-refractivity contribution < 1.29 is 9.21 Å². The molecule has 0 aliphatic heterocycles. The summed E-state index contributed by atoms with van der Waals surface area (Å²) in [7, 11) is 0. The molecule has 0 aromatic carbocycles. The third-order valence-electron chi connectivity index (χ3n) is 2.05. The van der Waals surface area contributed by atoms with Crippen LogP contribution in [0.15, 0.2) is 37.8 Å². The smallest absolute Gasteiger partial charge is 0.307 e. The first-order chi connectivity index (χ1) is 8.16. The number of hydrogen-bond acceptors (Lipinski definition) is 4. The molecule has 0 atom stereocenters. The monoisotopic (exact) mass is 312 g/mol. The fraction of sp³-hybridized carbons (Fsp3) is 0.0909. The van der Waals surface area contributed by atoms with Gasteiger partial charge in [-0.05, 0) is 52.0 Å². The van der Waals surface area contributed by atoms with Gasteiger partial charge in [-0.25, -0.2) is 5.43 Å². The lowest BCUT2D eigenvalue weighted by Crippen LogP contribution is -2.16. The molecule has 6 heteroatoms. The predicted octanol–water partition coefficient (Wildman–Crippen LogP) is 3.18. The first kappa shape index (κ1) is 12.1. The minimum atomic E-state index is -0.374. The zero-order valence-electron chi connectivity index (χ0n) is 8.94. The van der Waals surface area contributed by atoms with Crippen LogP contribution in [0.2, 0.25) is 0 Å². The summed E-state index contributed by atoms with van der Waals surface area (Å²) in [5.74, 6) is -0.155. The van der Waals surface area contributed by atoms with E-state index in [1.54, 1.807) is 29.7 Å². The third kappa shape index (κ3) is 3.04. The van der Waals surface area contributed by atoms with E-state index in [4.69, 9.17) is 4.42 Å². The standard InChI is InChI=1S/C11H9BrN2O2S/c1-7-4-5-17-9(7)6-13-14-11(15)8-2-3-10(12)16-8/h2-6H,1H3,(H,14,15)/b13-6+. The number of furan rings is 1. The van der Waals surface area contributed by atoms with Crippen LogP contribution in [-0.4, -0.2) is 12.1 Å². The maximum atomic E-state index is 11.5. The molecule has 0 saturated heterocycles. The molecule has 0 bridgehead atoms. The maximum absolute atomic E-state index is 11.5. The second-order valence-corrected chi connectivity index (χ2v) is 5.00. The molecule has 0 fully saturated rings. The van der Waals surface area contributed by atoms with E-state index in [0.717, 1.165) is 10.4 Å². The second-order valence-electron chi connectivity index (χ2n) is 3.27. The molecule has 0 spiro atoms. The fourth-order valence-electron chi connectivity index (χ4n) is 1.16. The SMILES string of the molecule is Cc1ccsc1/C=N/NC(=O)c1ccc(Br)o1. The molecule has 0 aliphatic rings. The number of halogens is 1. The molecule has 1 N–H and O–H groups in total. The molecule has 2 rings (SSSR count). The molecule has 2 heterocycles. The normalized spacial score (nSPS) is 10.9. The van der Waals surface area contributed by atoms with Crippen LogP contribution in [0.1, 0.15) is 21.0 Å². The van der Waals surface area contributed by atoms with Crippen LogP contribution in [0.5, 0.6) is 0 Å². The summed E-state index contributed by atoms with van der Waals surface area (Å²) >= 11 is 4.70. The number of carbonyl (C=O) groups excluding carboxylic acids is 1. The van der Waals surface area contributed by atoms with E-state index >= 15 is 0 Å². The maximum Gasteiger partial charge on any atom is 0.307 e. The number of rotatable bonds is 3. The summed E-state index contributed by atoms with van der Waals surface area (Å²) in [6.45, 7) is 1.99. The molecule has 17 heavy (non-hydrogen) atoms. The molecule has 0 saturated carbocycles. The van der Waals surface area contributed by atoms with Crippen LogP contribution < -0.4 is 5.43 Å². The Bertz CT molecular complexity index is 559. The molecule has 88 valence electrons. The predicted molar refractivity (Wildman–Crippen MR) is 70.5 cm³/mol. The topological polar surface area (TPSA) is 54.6 Å². The van der Waals surface area contributed by atoms with Gasteiger partial charge in [0.05, 0.1) is 6.21 Å². The van der Waals surface area contributed by atoms with Crippen molar-refractivity contribution in [3.63, 3.8) is 0 Å². The number of aryl methyl sites for hydroxylation is 1. The highest BCUT2D eigenvalue weighted by Gasteiger charge is 2.08. The Hall–Kier alpha value is -1.40. The van der Waals surface area contributed by atoms with Crippen molar-refractivity contribution in [2.24, 2.45) is 5.10 Å². The van der Waals surface area contributed by atoms with E-state index in [9.17, 15) is 4.79 Å². The number of amides is 1. The largest absolute Gasteiger partial charge is 0.444 e. The Balaban J connectivity index is 1.97. The summed E-state index contributed by atoms with van der Waals surface area (Å²) in [5.41, 5.74) is 3.53. The van der Waals surface area contributed by atoms with Gasteiger partial charge in [0, 0.05) is 4.88 Å². The van der Waals surface area contributed by atoms with Crippen LogP contribution in [0.25, 0.3) is 0 Å². The Morgan fingerprint density at radius 1 is 1.53 bits per heavy atom. The Morgan fingerprint density at radius 3 is 2.94 bits per heavy atom. The first-order valence-corrected chi connectivity index (χ1v) is 6.47.